The van der Waals surface area contributed by atoms with Gasteiger partial charge in [0.25, 0.3) is 0 Å². The SMILES string of the molecule is CN=C(NCCCN(C)C)NCC1CCN(S(=O)(=O)C(F)(F)F)CC1.I. The van der Waals surface area contributed by atoms with Crippen LogP contribution in [0, 0.1) is 5.92 Å². The van der Waals surface area contributed by atoms with Gasteiger partial charge in [-0.1, -0.05) is 0 Å². The first kappa shape index (κ1) is 25.7. The molecule has 1 rings (SSSR count). The smallest absolute Gasteiger partial charge is 0.356 e. The number of hydrogen-bond acceptors (Lipinski definition) is 4. The van der Waals surface area contributed by atoms with Crippen LogP contribution in [-0.2, 0) is 10.0 Å². The third kappa shape index (κ3) is 8.13. The van der Waals surface area contributed by atoms with Crippen LogP contribution in [0.15, 0.2) is 4.99 Å². The maximum atomic E-state index is 12.5. The van der Waals surface area contributed by atoms with Gasteiger partial charge in [-0.25, -0.2) is 8.42 Å². The minimum Gasteiger partial charge on any atom is -0.356 e. The summed E-state index contributed by atoms with van der Waals surface area (Å²) in [6, 6.07) is 0. The van der Waals surface area contributed by atoms with E-state index in [0.717, 1.165) is 19.5 Å². The monoisotopic (exact) mass is 515 g/mol. The summed E-state index contributed by atoms with van der Waals surface area (Å²) in [5, 5.41) is 6.32. The quantitative estimate of drug-likeness (QED) is 0.231. The van der Waals surface area contributed by atoms with E-state index in [1.165, 1.54) is 0 Å². The van der Waals surface area contributed by atoms with Gasteiger partial charge in [-0.15, -0.1) is 24.0 Å². The number of piperidine rings is 1. The predicted octanol–water partition coefficient (Wildman–Crippen LogP) is 1.28. The van der Waals surface area contributed by atoms with E-state index in [4.69, 9.17) is 0 Å². The normalized spacial score (nSPS) is 17.9. The molecule has 0 aliphatic carbocycles. The van der Waals surface area contributed by atoms with Crippen molar-refractivity contribution in [3.63, 3.8) is 0 Å². The van der Waals surface area contributed by atoms with Gasteiger partial charge in [-0.3, -0.25) is 4.99 Å². The second-order valence-electron chi connectivity index (χ2n) is 6.33. The fraction of sp³-hybridized carbons (Fsp3) is 0.929. The zero-order chi connectivity index (χ0) is 19.1. The predicted molar refractivity (Wildman–Crippen MR) is 107 cm³/mol. The fourth-order valence-corrected chi connectivity index (χ4v) is 3.55. The Bertz CT molecular complexity index is 535. The standard InChI is InChI=1S/C14H28F3N5O2S.HI/c1-18-13(19-7-4-8-21(2)3)20-11-12-5-9-22(10-6-12)25(23,24)14(15,16)17;/h12H,4-11H2,1-3H3,(H2,18,19,20);1H. The van der Waals surface area contributed by atoms with Crippen molar-refractivity contribution in [3.05, 3.63) is 0 Å². The maximum Gasteiger partial charge on any atom is 0.511 e. The van der Waals surface area contributed by atoms with Crippen molar-refractivity contribution in [2.24, 2.45) is 10.9 Å². The van der Waals surface area contributed by atoms with Crippen molar-refractivity contribution < 1.29 is 21.6 Å². The lowest BCUT2D eigenvalue weighted by Crippen LogP contribution is -2.47. The first-order chi connectivity index (χ1) is 11.6. The van der Waals surface area contributed by atoms with Gasteiger partial charge in [0.2, 0.25) is 0 Å². The third-order valence-electron chi connectivity index (χ3n) is 4.06. The van der Waals surface area contributed by atoms with Gasteiger partial charge in [0.1, 0.15) is 0 Å². The molecule has 2 N–H and O–H groups in total. The minimum atomic E-state index is -5.23. The Morgan fingerprint density at radius 3 is 2.27 bits per heavy atom. The van der Waals surface area contributed by atoms with Crippen LogP contribution in [-0.4, -0.2) is 83.0 Å². The van der Waals surface area contributed by atoms with E-state index in [9.17, 15) is 21.6 Å². The van der Waals surface area contributed by atoms with Gasteiger partial charge < -0.3 is 15.5 Å². The van der Waals surface area contributed by atoms with E-state index >= 15 is 0 Å². The number of rotatable bonds is 7. The summed E-state index contributed by atoms with van der Waals surface area (Å²) < 4.78 is 60.9. The molecule has 0 atom stereocenters. The molecule has 0 unspecified atom stereocenters. The summed E-state index contributed by atoms with van der Waals surface area (Å²) in [6.45, 7) is 2.05. The van der Waals surface area contributed by atoms with E-state index in [0.29, 0.717) is 29.7 Å². The van der Waals surface area contributed by atoms with Crippen molar-refractivity contribution in [2.45, 2.75) is 24.8 Å². The fourth-order valence-electron chi connectivity index (χ4n) is 2.56. The topological polar surface area (TPSA) is 77.0 Å². The molecule has 7 nitrogen and oxygen atoms in total. The average Bonchev–Trinajstić information content (AvgIpc) is 2.53. The van der Waals surface area contributed by atoms with Crippen LogP contribution < -0.4 is 10.6 Å². The van der Waals surface area contributed by atoms with Gasteiger partial charge in [0, 0.05) is 33.2 Å². The van der Waals surface area contributed by atoms with E-state index < -0.39 is 15.5 Å². The van der Waals surface area contributed by atoms with Crippen molar-refractivity contribution >= 4 is 40.0 Å². The molecule has 1 heterocycles. The van der Waals surface area contributed by atoms with Crippen LogP contribution in [0.1, 0.15) is 19.3 Å². The average molecular weight is 515 g/mol. The van der Waals surface area contributed by atoms with Crippen molar-refractivity contribution in [2.75, 3.05) is 53.9 Å². The number of nitrogens with one attached hydrogen (secondary N) is 2. The number of guanidine groups is 1. The van der Waals surface area contributed by atoms with Crippen LogP contribution in [0.5, 0.6) is 0 Å². The van der Waals surface area contributed by atoms with Crippen LogP contribution in [0.2, 0.25) is 0 Å². The summed E-state index contributed by atoms with van der Waals surface area (Å²) in [4.78, 5) is 6.19. The Hall–Kier alpha value is -0.340. The molecule has 1 aliphatic heterocycles. The van der Waals surface area contributed by atoms with Crippen molar-refractivity contribution in [1.82, 2.24) is 19.8 Å². The molecule has 0 amide bonds. The first-order valence-corrected chi connectivity index (χ1v) is 9.67. The lowest BCUT2D eigenvalue weighted by molar-refractivity contribution is -0.0496. The van der Waals surface area contributed by atoms with Crippen LogP contribution in [0.3, 0.4) is 0 Å². The molecule has 1 fully saturated rings. The van der Waals surface area contributed by atoms with E-state index in [2.05, 4.69) is 20.5 Å². The molecule has 26 heavy (non-hydrogen) atoms. The van der Waals surface area contributed by atoms with Gasteiger partial charge in [0.05, 0.1) is 0 Å². The highest BCUT2D eigenvalue weighted by Crippen LogP contribution is 2.30. The molecule has 156 valence electrons. The Morgan fingerprint density at radius 1 is 1.23 bits per heavy atom. The zero-order valence-electron chi connectivity index (χ0n) is 15.3. The number of sulfonamides is 1. The molecule has 1 aliphatic rings. The second-order valence-corrected chi connectivity index (χ2v) is 8.26. The Balaban J connectivity index is 0.00000625. The van der Waals surface area contributed by atoms with Crippen LogP contribution in [0.25, 0.3) is 0 Å². The highest BCUT2D eigenvalue weighted by atomic mass is 127. The molecule has 0 spiro atoms. The molecule has 0 bridgehead atoms. The highest BCUT2D eigenvalue weighted by molar-refractivity contribution is 14.0. The molecular weight excluding hydrogens is 486 g/mol. The molecule has 0 radical (unpaired) electrons. The summed E-state index contributed by atoms with van der Waals surface area (Å²) >= 11 is 0. The summed E-state index contributed by atoms with van der Waals surface area (Å²) in [5.41, 5.74) is -5.23. The Kier molecular flexibility index (Phi) is 11.3. The number of alkyl halides is 3. The zero-order valence-corrected chi connectivity index (χ0v) is 18.5. The van der Waals surface area contributed by atoms with Crippen LogP contribution in [0.4, 0.5) is 13.2 Å². The molecule has 12 heteroatoms. The second kappa shape index (κ2) is 11.5. The summed E-state index contributed by atoms with van der Waals surface area (Å²) in [5.74, 6) is 0.754. The molecule has 1 saturated heterocycles. The van der Waals surface area contributed by atoms with Crippen LogP contribution >= 0.6 is 24.0 Å². The summed E-state index contributed by atoms with van der Waals surface area (Å²) in [7, 11) is 0.441. The molecule has 0 aromatic heterocycles. The molecule has 0 aromatic carbocycles. The van der Waals surface area contributed by atoms with Crippen molar-refractivity contribution in [3.8, 4) is 0 Å². The number of halogens is 4. The van der Waals surface area contributed by atoms with Gasteiger partial charge in [-0.2, -0.15) is 17.5 Å². The number of hydrogen-bond donors (Lipinski definition) is 2. The highest BCUT2D eigenvalue weighted by Gasteiger charge is 2.50. The van der Waals surface area contributed by atoms with E-state index in [1.54, 1.807) is 7.05 Å². The van der Waals surface area contributed by atoms with E-state index in [-0.39, 0.29) is 43.0 Å². The number of nitrogens with zero attached hydrogens (tertiary/aromatic N) is 3. The van der Waals surface area contributed by atoms with Gasteiger partial charge >= 0.3 is 15.5 Å². The number of aliphatic imine (C=N–C) groups is 1. The van der Waals surface area contributed by atoms with Gasteiger partial charge in [-0.05, 0) is 45.8 Å². The molecular formula is C14H29F3IN5O2S. The maximum absolute atomic E-state index is 12.5. The Morgan fingerprint density at radius 2 is 1.81 bits per heavy atom. The Labute approximate surface area is 170 Å². The molecule has 0 aromatic rings. The first-order valence-electron chi connectivity index (χ1n) is 8.23. The molecule has 0 saturated carbocycles. The third-order valence-corrected chi connectivity index (χ3v) is 5.69. The lowest BCUT2D eigenvalue weighted by atomic mass is 9.98. The van der Waals surface area contributed by atoms with E-state index in [1.807, 2.05) is 14.1 Å². The summed E-state index contributed by atoms with van der Waals surface area (Å²) in [6.07, 6.45) is 1.74. The van der Waals surface area contributed by atoms with Crippen molar-refractivity contribution in [1.29, 1.82) is 0 Å². The minimum absolute atomic E-state index is 0. The van der Waals surface area contributed by atoms with Gasteiger partial charge in [0.15, 0.2) is 5.96 Å². The largest absolute Gasteiger partial charge is 0.511 e. The lowest BCUT2D eigenvalue weighted by Gasteiger charge is -2.31.